The van der Waals surface area contributed by atoms with Gasteiger partial charge in [0.25, 0.3) is 0 Å². The molecule has 0 fully saturated rings. The maximum absolute atomic E-state index is 11.5. The molecule has 2 aromatic carbocycles. The van der Waals surface area contributed by atoms with Crippen molar-refractivity contribution in [1.29, 1.82) is 0 Å². The first-order chi connectivity index (χ1) is 8.68. The number of rotatable bonds is 1. The quantitative estimate of drug-likeness (QED) is 0.642. The van der Waals surface area contributed by atoms with Gasteiger partial charge < -0.3 is 4.90 Å². The van der Waals surface area contributed by atoms with Gasteiger partial charge in [-0.05, 0) is 12.1 Å². The lowest BCUT2D eigenvalue weighted by Crippen LogP contribution is -2.22. The monoisotopic (exact) mass is 255 g/mol. The highest BCUT2D eigenvalue weighted by atomic mass is 32.1. The summed E-state index contributed by atoms with van der Waals surface area (Å²) in [6.07, 6.45) is 0. The first-order valence-electron chi connectivity index (χ1n) is 5.83. The topological polar surface area (TPSA) is 20.3 Å². The molecule has 3 rings (SSSR count). The van der Waals surface area contributed by atoms with Crippen LogP contribution < -0.4 is 4.90 Å². The van der Waals surface area contributed by atoms with E-state index in [0.29, 0.717) is 0 Å². The highest BCUT2D eigenvalue weighted by Gasteiger charge is 2.13. The normalized spacial score (nSPS) is 11.0. The van der Waals surface area contributed by atoms with Crippen LogP contribution in [0.3, 0.4) is 0 Å². The third-order valence-electron chi connectivity index (χ3n) is 3.22. The van der Waals surface area contributed by atoms with Crippen molar-refractivity contribution in [2.24, 2.45) is 0 Å². The first kappa shape index (κ1) is 11.2. The fourth-order valence-corrected chi connectivity index (χ4v) is 3.42. The number of thiophene rings is 1. The lowest BCUT2D eigenvalue weighted by molar-refractivity contribution is -0.116. The van der Waals surface area contributed by atoms with Crippen LogP contribution in [0.15, 0.2) is 42.5 Å². The Hall–Kier alpha value is -1.87. The van der Waals surface area contributed by atoms with Gasteiger partial charge in [0.2, 0.25) is 5.91 Å². The molecule has 0 bridgehead atoms. The van der Waals surface area contributed by atoms with Crippen molar-refractivity contribution in [3.8, 4) is 0 Å². The number of anilines is 1. The number of hydrogen-bond donors (Lipinski definition) is 0. The molecule has 1 aromatic heterocycles. The largest absolute Gasteiger partial charge is 0.314 e. The molecular weight excluding hydrogens is 242 g/mol. The van der Waals surface area contributed by atoms with E-state index in [0.717, 1.165) is 5.69 Å². The molecule has 3 aromatic rings. The summed E-state index contributed by atoms with van der Waals surface area (Å²) in [6, 6.07) is 14.5. The number of amides is 1. The third kappa shape index (κ3) is 1.59. The number of carbonyl (C=O) groups is 1. The summed E-state index contributed by atoms with van der Waals surface area (Å²) in [4.78, 5) is 13.2. The van der Waals surface area contributed by atoms with Crippen LogP contribution in [0.2, 0.25) is 0 Å². The van der Waals surface area contributed by atoms with E-state index in [1.165, 1.54) is 20.2 Å². The van der Waals surface area contributed by atoms with Crippen LogP contribution in [0.5, 0.6) is 0 Å². The molecule has 18 heavy (non-hydrogen) atoms. The molecule has 90 valence electrons. The summed E-state index contributed by atoms with van der Waals surface area (Å²) >= 11 is 1.74. The predicted octanol–water partition coefficient (Wildman–Crippen LogP) is 4.04. The molecule has 0 radical (unpaired) electrons. The zero-order valence-electron chi connectivity index (χ0n) is 10.3. The summed E-state index contributed by atoms with van der Waals surface area (Å²) in [6.45, 7) is 1.59. The van der Waals surface area contributed by atoms with E-state index in [1.807, 2.05) is 25.2 Å². The Labute approximate surface area is 109 Å². The minimum atomic E-state index is 0.0555. The molecular formula is C15H13NOS. The van der Waals surface area contributed by atoms with Crippen molar-refractivity contribution in [2.75, 3.05) is 11.9 Å². The van der Waals surface area contributed by atoms with Crippen LogP contribution in [0.4, 0.5) is 5.69 Å². The Kier molecular flexibility index (Phi) is 2.56. The second-order valence-corrected chi connectivity index (χ2v) is 5.38. The molecule has 2 nitrogen and oxygen atoms in total. The fraction of sp³-hybridized carbons (Fsp3) is 0.133. The molecule has 0 aliphatic rings. The molecule has 0 atom stereocenters. The van der Waals surface area contributed by atoms with Crippen LogP contribution in [0.25, 0.3) is 20.2 Å². The number of hydrogen-bond acceptors (Lipinski definition) is 2. The molecule has 0 N–H and O–H groups in total. The van der Waals surface area contributed by atoms with Crippen LogP contribution in [0, 0.1) is 0 Å². The Morgan fingerprint density at radius 3 is 2.56 bits per heavy atom. The van der Waals surface area contributed by atoms with Gasteiger partial charge in [0.05, 0.1) is 10.4 Å². The standard InChI is InChI=1S/C15H13NOS/c1-10(17)16(2)13-8-5-7-12-11-6-3-4-9-14(11)18-15(12)13/h3-9H,1-2H3. The van der Waals surface area contributed by atoms with E-state index < -0.39 is 0 Å². The second-order valence-electron chi connectivity index (χ2n) is 4.33. The maximum atomic E-state index is 11.5. The number of carbonyl (C=O) groups excluding carboxylic acids is 1. The predicted molar refractivity (Wildman–Crippen MR) is 78.4 cm³/mol. The highest BCUT2D eigenvalue weighted by molar-refractivity contribution is 7.26. The van der Waals surface area contributed by atoms with Crippen molar-refractivity contribution in [2.45, 2.75) is 6.92 Å². The third-order valence-corrected chi connectivity index (χ3v) is 4.43. The van der Waals surface area contributed by atoms with Gasteiger partial charge in [-0.3, -0.25) is 4.79 Å². The SMILES string of the molecule is CC(=O)N(C)c1cccc2c1sc1ccccc12. The zero-order chi connectivity index (χ0) is 12.7. The van der Waals surface area contributed by atoms with Gasteiger partial charge in [-0.25, -0.2) is 0 Å². The van der Waals surface area contributed by atoms with E-state index in [1.54, 1.807) is 23.2 Å². The summed E-state index contributed by atoms with van der Waals surface area (Å²) in [5, 5.41) is 2.48. The summed E-state index contributed by atoms with van der Waals surface area (Å²) in [5.41, 5.74) is 0.987. The van der Waals surface area contributed by atoms with E-state index in [2.05, 4.69) is 24.3 Å². The molecule has 3 heteroatoms. The van der Waals surface area contributed by atoms with Crippen molar-refractivity contribution >= 4 is 43.1 Å². The highest BCUT2D eigenvalue weighted by Crippen LogP contribution is 2.38. The molecule has 0 unspecified atom stereocenters. The van der Waals surface area contributed by atoms with Crippen LogP contribution >= 0.6 is 11.3 Å². The minimum Gasteiger partial charge on any atom is -0.314 e. The van der Waals surface area contributed by atoms with Gasteiger partial charge in [-0.2, -0.15) is 0 Å². The molecule has 0 spiro atoms. The average Bonchev–Trinajstić information content (AvgIpc) is 2.76. The lowest BCUT2D eigenvalue weighted by Gasteiger charge is -2.15. The van der Waals surface area contributed by atoms with Crippen molar-refractivity contribution in [1.82, 2.24) is 0 Å². The second kappa shape index (κ2) is 4.10. The Morgan fingerprint density at radius 1 is 1.06 bits per heavy atom. The summed E-state index contributed by atoms with van der Waals surface area (Å²) in [7, 11) is 1.82. The van der Waals surface area contributed by atoms with Crippen LogP contribution in [0.1, 0.15) is 6.92 Å². The minimum absolute atomic E-state index is 0.0555. The zero-order valence-corrected chi connectivity index (χ0v) is 11.1. The van der Waals surface area contributed by atoms with E-state index in [9.17, 15) is 4.79 Å². The Balaban J connectivity index is 2.37. The molecule has 0 aliphatic carbocycles. The van der Waals surface area contributed by atoms with Gasteiger partial charge in [0.15, 0.2) is 0 Å². The smallest absolute Gasteiger partial charge is 0.223 e. The number of benzene rings is 2. The Bertz CT molecular complexity index is 744. The molecule has 0 saturated carbocycles. The van der Waals surface area contributed by atoms with Gasteiger partial charge in [0.1, 0.15) is 0 Å². The Morgan fingerprint density at radius 2 is 1.78 bits per heavy atom. The number of fused-ring (bicyclic) bond motifs is 3. The van der Waals surface area contributed by atoms with E-state index >= 15 is 0 Å². The van der Waals surface area contributed by atoms with Crippen molar-refractivity contribution < 1.29 is 4.79 Å². The molecule has 0 saturated heterocycles. The average molecular weight is 255 g/mol. The number of nitrogens with zero attached hydrogens (tertiary/aromatic N) is 1. The lowest BCUT2D eigenvalue weighted by atomic mass is 10.1. The summed E-state index contributed by atoms with van der Waals surface area (Å²) in [5.74, 6) is 0.0555. The van der Waals surface area contributed by atoms with Gasteiger partial charge in [-0.15, -0.1) is 11.3 Å². The van der Waals surface area contributed by atoms with Crippen LogP contribution in [-0.2, 0) is 4.79 Å². The fourth-order valence-electron chi connectivity index (χ4n) is 2.17. The van der Waals surface area contributed by atoms with Crippen LogP contribution in [-0.4, -0.2) is 13.0 Å². The van der Waals surface area contributed by atoms with E-state index in [4.69, 9.17) is 0 Å². The first-order valence-corrected chi connectivity index (χ1v) is 6.64. The maximum Gasteiger partial charge on any atom is 0.223 e. The van der Waals surface area contributed by atoms with Gasteiger partial charge in [0, 0.05) is 29.4 Å². The molecule has 1 heterocycles. The summed E-state index contributed by atoms with van der Waals surface area (Å²) < 4.78 is 2.44. The molecule has 0 aliphatic heterocycles. The van der Waals surface area contributed by atoms with Crippen molar-refractivity contribution in [3.05, 3.63) is 42.5 Å². The van der Waals surface area contributed by atoms with Gasteiger partial charge >= 0.3 is 0 Å². The molecule has 1 amide bonds. The van der Waals surface area contributed by atoms with E-state index in [-0.39, 0.29) is 5.91 Å². The van der Waals surface area contributed by atoms with Crippen molar-refractivity contribution in [3.63, 3.8) is 0 Å². The van der Waals surface area contributed by atoms with Gasteiger partial charge in [-0.1, -0.05) is 30.3 Å².